The molecular formula is C13H22F2N2O3. The molecule has 0 aliphatic carbocycles. The molecule has 0 saturated carbocycles. The Bertz CT molecular complexity index is 378. The molecule has 2 fully saturated rings. The van der Waals surface area contributed by atoms with Crippen molar-refractivity contribution >= 4 is 6.09 Å². The number of hydrogen-bond donors (Lipinski definition) is 1. The Morgan fingerprint density at radius 1 is 1.35 bits per heavy atom. The Hall–Kier alpha value is -0.950. The second kappa shape index (κ2) is 5.11. The fourth-order valence-corrected chi connectivity index (χ4v) is 2.60. The summed E-state index contributed by atoms with van der Waals surface area (Å²) < 4.78 is 33.4. The maximum Gasteiger partial charge on any atom is 0.410 e. The van der Waals surface area contributed by atoms with Gasteiger partial charge in [-0.05, 0) is 27.2 Å². The number of rotatable bonds is 1. The fraction of sp³-hybridized carbons (Fsp3) is 0.923. The number of amides is 1. The molecular weight excluding hydrogens is 270 g/mol. The maximum absolute atomic E-state index is 14.1. The number of aliphatic hydroxyl groups excluding tert-OH is 1. The van der Waals surface area contributed by atoms with Gasteiger partial charge in [0.05, 0.1) is 18.7 Å². The number of likely N-dealkylation sites (tertiary alicyclic amines) is 2. The Labute approximate surface area is 117 Å². The first-order chi connectivity index (χ1) is 9.08. The molecule has 0 spiro atoms. The third-order valence-electron chi connectivity index (χ3n) is 3.54. The van der Waals surface area contributed by atoms with Crippen LogP contribution in [0.1, 0.15) is 27.2 Å². The lowest BCUT2D eigenvalue weighted by atomic mass is 9.95. The number of nitrogens with zero attached hydrogens (tertiary/aromatic N) is 2. The molecule has 2 aliphatic rings. The van der Waals surface area contributed by atoms with Gasteiger partial charge in [-0.25, -0.2) is 13.6 Å². The zero-order valence-corrected chi connectivity index (χ0v) is 12.1. The van der Waals surface area contributed by atoms with Crippen LogP contribution >= 0.6 is 0 Å². The quantitative estimate of drug-likeness (QED) is 0.791. The lowest BCUT2D eigenvalue weighted by Crippen LogP contribution is -2.65. The van der Waals surface area contributed by atoms with Crippen molar-refractivity contribution in [2.75, 3.05) is 26.2 Å². The van der Waals surface area contributed by atoms with E-state index in [4.69, 9.17) is 4.74 Å². The Kier molecular flexibility index (Phi) is 3.94. The highest BCUT2D eigenvalue weighted by Gasteiger charge is 2.51. The van der Waals surface area contributed by atoms with Gasteiger partial charge in [0.25, 0.3) is 5.92 Å². The van der Waals surface area contributed by atoms with Crippen molar-refractivity contribution in [1.82, 2.24) is 9.80 Å². The van der Waals surface area contributed by atoms with E-state index >= 15 is 0 Å². The molecule has 0 bridgehead atoms. The summed E-state index contributed by atoms with van der Waals surface area (Å²) in [4.78, 5) is 14.5. The van der Waals surface area contributed by atoms with Crippen LogP contribution in [-0.4, -0.2) is 70.8 Å². The standard InChI is InChI=1S/C13H22F2N2O3/c1-12(2,3)20-11(19)16-5-4-10(13(14,15)8-16)17-6-9(18)7-17/h9-10,18H,4-8H2,1-3H3. The van der Waals surface area contributed by atoms with Gasteiger partial charge in [-0.2, -0.15) is 0 Å². The highest BCUT2D eigenvalue weighted by molar-refractivity contribution is 5.68. The van der Waals surface area contributed by atoms with E-state index in [-0.39, 0.29) is 26.1 Å². The molecule has 7 heteroatoms. The number of aliphatic hydroxyl groups is 1. The number of β-amino-alcohol motifs (C(OH)–C–C–N with tert-alkyl or cyclic N) is 1. The first-order valence-electron chi connectivity index (χ1n) is 6.86. The van der Waals surface area contributed by atoms with Crippen LogP contribution < -0.4 is 0 Å². The smallest absolute Gasteiger partial charge is 0.410 e. The summed E-state index contributed by atoms with van der Waals surface area (Å²) in [6.45, 7) is 5.31. The minimum atomic E-state index is -2.98. The van der Waals surface area contributed by atoms with Crippen molar-refractivity contribution in [2.24, 2.45) is 0 Å². The second-order valence-electron chi connectivity index (χ2n) is 6.58. The van der Waals surface area contributed by atoms with Crippen LogP contribution in [0.3, 0.4) is 0 Å². The maximum atomic E-state index is 14.1. The van der Waals surface area contributed by atoms with E-state index in [0.29, 0.717) is 0 Å². The van der Waals surface area contributed by atoms with Gasteiger partial charge in [0.1, 0.15) is 5.60 Å². The monoisotopic (exact) mass is 292 g/mol. The van der Waals surface area contributed by atoms with Gasteiger partial charge >= 0.3 is 6.09 Å². The van der Waals surface area contributed by atoms with Crippen molar-refractivity contribution < 1.29 is 23.4 Å². The molecule has 1 unspecified atom stereocenters. The molecule has 5 nitrogen and oxygen atoms in total. The topological polar surface area (TPSA) is 53.0 Å². The van der Waals surface area contributed by atoms with Crippen LogP contribution in [0.5, 0.6) is 0 Å². The van der Waals surface area contributed by atoms with Gasteiger partial charge in [-0.1, -0.05) is 0 Å². The summed E-state index contributed by atoms with van der Waals surface area (Å²) in [5.41, 5.74) is -0.690. The zero-order chi connectivity index (χ0) is 15.1. The van der Waals surface area contributed by atoms with Crippen molar-refractivity contribution in [3.63, 3.8) is 0 Å². The van der Waals surface area contributed by atoms with Gasteiger partial charge in [0.15, 0.2) is 0 Å². The largest absolute Gasteiger partial charge is 0.444 e. The third-order valence-corrected chi connectivity index (χ3v) is 3.54. The van der Waals surface area contributed by atoms with E-state index in [9.17, 15) is 18.7 Å². The minimum Gasteiger partial charge on any atom is -0.444 e. The minimum absolute atomic E-state index is 0.193. The fourth-order valence-electron chi connectivity index (χ4n) is 2.60. The van der Waals surface area contributed by atoms with Gasteiger partial charge in [0.2, 0.25) is 0 Å². The molecule has 0 aromatic heterocycles. The Balaban J connectivity index is 1.94. The molecule has 20 heavy (non-hydrogen) atoms. The molecule has 0 aromatic carbocycles. The molecule has 2 saturated heterocycles. The summed E-state index contributed by atoms with van der Waals surface area (Å²) in [7, 11) is 0. The van der Waals surface area contributed by atoms with E-state index < -0.39 is 36.3 Å². The number of carbonyl (C=O) groups excluding carboxylic acids is 1. The molecule has 1 atom stereocenters. The van der Waals surface area contributed by atoms with Crippen LogP contribution in [0.25, 0.3) is 0 Å². The summed E-state index contributed by atoms with van der Waals surface area (Å²) >= 11 is 0. The lowest BCUT2D eigenvalue weighted by molar-refractivity contribution is -0.157. The van der Waals surface area contributed by atoms with Gasteiger partial charge in [-0.15, -0.1) is 0 Å². The van der Waals surface area contributed by atoms with E-state index in [1.54, 1.807) is 25.7 Å². The number of ether oxygens (including phenoxy) is 1. The highest BCUT2D eigenvalue weighted by Crippen LogP contribution is 2.34. The van der Waals surface area contributed by atoms with Gasteiger partial charge < -0.3 is 14.7 Å². The predicted molar refractivity (Wildman–Crippen MR) is 68.7 cm³/mol. The summed E-state index contributed by atoms with van der Waals surface area (Å²) in [6.07, 6.45) is -1.01. The van der Waals surface area contributed by atoms with E-state index in [1.807, 2.05) is 0 Å². The van der Waals surface area contributed by atoms with Crippen molar-refractivity contribution in [3.8, 4) is 0 Å². The number of alkyl halides is 2. The zero-order valence-electron chi connectivity index (χ0n) is 12.1. The molecule has 0 aromatic rings. The molecule has 1 amide bonds. The van der Waals surface area contributed by atoms with E-state index in [2.05, 4.69) is 0 Å². The normalized spacial score (nSPS) is 28.1. The molecule has 2 rings (SSSR count). The Morgan fingerprint density at radius 2 is 1.95 bits per heavy atom. The van der Waals surface area contributed by atoms with Crippen LogP contribution in [0, 0.1) is 0 Å². The summed E-state index contributed by atoms with van der Waals surface area (Å²) in [6, 6.07) is -0.899. The summed E-state index contributed by atoms with van der Waals surface area (Å²) in [5, 5.41) is 9.22. The van der Waals surface area contributed by atoms with Crippen LogP contribution in [-0.2, 0) is 4.74 Å². The molecule has 2 aliphatic heterocycles. The molecule has 0 radical (unpaired) electrons. The summed E-state index contributed by atoms with van der Waals surface area (Å²) in [5.74, 6) is -2.98. The van der Waals surface area contributed by atoms with E-state index in [0.717, 1.165) is 4.90 Å². The van der Waals surface area contributed by atoms with Crippen molar-refractivity contribution in [1.29, 1.82) is 0 Å². The highest BCUT2D eigenvalue weighted by atomic mass is 19.3. The first kappa shape index (κ1) is 15.4. The number of carbonyl (C=O) groups is 1. The second-order valence-corrected chi connectivity index (χ2v) is 6.58. The average molecular weight is 292 g/mol. The lowest BCUT2D eigenvalue weighted by Gasteiger charge is -2.48. The SMILES string of the molecule is CC(C)(C)OC(=O)N1CCC(N2CC(O)C2)C(F)(F)C1. The number of halogens is 2. The first-order valence-corrected chi connectivity index (χ1v) is 6.86. The van der Waals surface area contributed by atoms with Crippen molar-refractivity contribution in [2.45, 2.75) is 50.9 Å². The number of piperidine rings is 1. The molecule has 2 heterocycles. The third kappa shape index (κ3) is 3.38. The van der Waals surface area contributed by atoms with Gasteiger partial charge in [0, 0.05) is 19.6 Å². The van der Waals surface area contributed by atoms with Crippen LogP contribution in [0.15, 0.2) is 0 Å². The Morgan fingerprint density at radius 3 is 2.40 bits per heavy atom. The van der Waals surface area contributed by atoms with Crippen molar-refractivity contribution in [3.05, 3.63) is 0 Å². The molecule has 1 N–H and O–H groups in total. The van der Waals surface area contributed by atoms with Gasteiger partial charge in [-0.3, -0.25) is 4.90 Å². The van der Waals surface area contributed by atoms with Crippen LogP contribution in [0.4, 0.5) is 13.6 Å². The predicted octanol–water partition coefficient (Wildman–Crippen LogP) is 1.31. The van der Waals surface area contributed by atoms with Crippen LogP contribution in [0.2, 0.25) is 0 Å². The van der Waals surface area contributed by atoms with E-state index in [1.165, 1.54) is 0 Å². The average Bonchev–Trinajstić information content (AvgIpc) is 2.21. The number of hydrogen-bond acceptors (Lipinski definition) is 4. The molecule has 116 valence electrons.